The average molecular weight is 253 g/mol. The molecule has 0 aliphatic heterocycles. The van der Waals surface area contributed by atoms with E-state index in [-0.39, 0.29) is 18.2 Å². The number of nitrogens with one attached hydrogen (secondary N) is 2. The van der Waals surface area contributed by atoms with E-state index in [1.807, 2.05) is 13.8 Å². The summed E-state index contributed by atoms with van der Waals surface area (Å²) in [5.74, 6) is -0.709. The number of aliphatic carboxylic acids is 1. The second kappa shape index (κ2) is 6.78. The molecule has 1 rings (SSSR count). The first-order valence-corrected chi connectivity index (χ1v) is 5.97. The van der Waals surface area contributed by atoms with Gasteiger partial charge in [-0.25, -0.2) is 0 Å². The number of nitrogens with zero attached hydrogens (tertiary/aromatic N) is 1. The summed E-state index contributed by atoms with van der Waals surface area (Å²) >= 11 is 0. The first kappa shape index (κ1) is 14.2. The number of hydrogen-bond acceptors (Lipinski definition) is 3. The molecule has 100 valence electrons. The third-order valence-electron chi connectivity index (χ3n) is 2.58. The molecule has 0 aromatic carbocycles. The molecule has 0 saturated carbocycles. The van der Waals surface area contributed by atoms with Crippen molar-refractivity contribution in [1.29, 1.82) is 0 Å². The highest BCUT2D eigenvalue weighted by molar-refractivity contribution is 5.93. The summed E-state index contributed by atoms with van der Waals surface area (Å²) in [7, 11) is 0. The molecule has 0 saturated heterocycles. The molecule has 1 aromatic rings. The number of rotatable bonds is 7. The van der Waals surface area contributed by atoms with Gasteiger partial charge in [-0.3, -0.25) is 14.7 Å². The van der Waals surface area contributed by atoms with Gasteiger partial charge in [0.15, 0.2) is 0 Å². The van der Waals surface area contributed by atoms with E-state index in [2.05, 4.69) is 15.5 Å². The highest BCUT2D eigenvalue weighted by Gasteiger charge is 2.16. The highest BCUT2D eigenvalue weighted by atomic mass is 16.4. The number of carboxylic acids is 1. The summed E-state index contributed by atoms with van der Waals surface area (Å²) in [5.41, 5.74) is 0.452. The SMILES string of the molecule is CC(C)CC(CNC(=O)c1cn[nH]c1)CC(=O)O. The lowest BCUT2D eigenvalue weighted by molar-refractivity contribution is -0.138. The average Bonchev–Trinajstić information content (AvgIpc) is 2.77. The number of carbonyl (C=O) groups is 2. The van der Waals surface area contributed by atoms with E-state index >= 15 is 0 Å². The first-order valence-electron chi connectivity index (χ1n) is 5.97. The van der Waals surface area contributed by atoms with Crippen molar-refractivity contribution in [2.75, 3.05) is 6.54 Å². The molecule has 6 nitrogen and oxygen atoms in total. The van der Waals surface area contributed by atoms with Gasteiger partial charge in [0, 0.05) is 19.2 Å². The van der Waals surface area contributed by atoms with Crippen LogP contribution in [0.4, 0.5) is 0 Å². The minimum atomic E-state index is -0.835. The lowest BCUT2D eigenvalue weighted by atomic mass is 9.94. The molecule has 1 amide bonds. The fraction of sp³-hybridized carbons (Fsp3) is 0.583. The Balaban J connectivity index is 2.45. The lowest BCUT2D eigenvalue weighted by Crippen LogP contribution is -2.30. The maximum absolute atomic E-state index is 11.7. The summed E-state index contributed by atoms with van der Waals surface area (Å²) in [6.45, 7) is 4.44. The Morgan fingerprint density at radius 1 is 1.50 bits per heavy atom. The number of carbonyl (C=O) groups excluding carboxylic acids is 1. The molecule has 0 radical (unpaired) electrons. The van der Waals surface area contributed by atoms with E-state index in [0.29, 0.717) is 18.0 Å². The molecule has 1 heterocycles. The van der Waals surface area contributed by atoms with Crippen LogP contribution in [0.25, 0.3) is 0 Å². The molecule has 0 aliphatic rings. The maximum atomic E-state index is 11.7. The number of amides is 1. The van der Waals surface area contributed by atoms with Gasteiger partial charge in [0.2, 0.25) is 0 Å². The summed E-state index contributed by atoms with van der Waals surface area (Å²) in [6, 6.07) is 0. The summed E-state index contributed by atoms with van der Waals surface area (Å²) in [4.78, 5) is 22.4. The molecule has 3 N–H and O–H groups in total. The standard InChI is InChI=1S/C12H19N3O3/c1-8(2)3-9(4-11(16)17)5-13-12(18)10-6-14-15-7-10/h6-9H,3-5H2,1-2H3,(H,13,18)(H,14,15)(H,16,17). The van der Waals surface area contributed by atoms with Crippen molar-refractivity contribution < 1.29 is 14.7 Å². The van der Waals surface area contributed by atoms with Crippen LogP contribution < -0.4 is 5.32 Å². The fourth-order valence-corrected chi connectivity index (χ4v) is 1.87. The molecule has 18 heavy (non-hydrogen) atoms. The zero-order chi connectivity index (χ0) is 13.5. The predicted molar refractivity (Wildman–Crippen MR) is 66.1 cm³/mol. The molecule has 1 unspecified atom stereocenters. The van der Waals surface area contributed by atoms with Crippen LogP contribution in [0.2, 0.25) is 0 Å². The van der Waals surface area contributed by atoms with Gasteiger partial charge in [-0.1, -0.05) is 13.8 Å². The maximum Gasteiger partial charge on any atom is 0.303 e. The fourth-order valence-electron chi connectivity index (χ4n) is 1.87. The number of carboxylic acid groups (broad SMARTS) is 1. The minimum Gasteiger partial charge on any atom is -0.481 e. The quantitative estimate of drug-likeness (QED) is 0.682. The molecular weight excluding hydrogens is 234 g/mol. The van der Waals surface area contributed by atoms with Crippen LogP contribution >= 0.6 is 0 Å². The zero-order valence-corrected chi connectivity index (χ0v) is 10.6. The zero-order valence-electron chi connectivity index (χ0n) is 10.6. The summed E-state index contributed by atoms with van der Waals surface area (Å²) in [5, 5.41) is 17.8. The van der Waals surface area contributed by atoms with E-state index in [9.17, 15) is 9.59 Å². The smallest absolute Gasteiger partial charge is 0.303 e. The van der Waals surface area contributed by atoms with Crippen molar-refractivity contribution in [2.45, 2.75) is 26.7 Å². The van der Waals surface area contributed by atoms with Gasteiger partial charge in [0.1, 0.15) is 0 Å². The highest BCUT2D eigenvalue weighted by Crippen LogP contribution is 2.14. The van der Waals surface area contributed by atoms with Gasteiger partial charge in [-0.15, -0.1) is 0 Å². The van der Waals surface area contributed by atoms with E-state index in [1.165, 1.54) is 12.4 Å². The number of aromatic nitrogens is 2. The topological polar surface area (TPSA) is 95.1 Å². The van der Waals surface area contributed by atoms with Gasteiger partial charge < -0.3 is 10.4 Å². The Morgan fingerprint density at radius 3 is 2.72 bits per heavy atom. The van der Waals surface area contributed by atoms with Crippen LogP contribution in [0.3, 0.4) is 0 Å². The molecular formula is C12H19N3O3. The monoisotopic (exact) mass is 253 g/mol. The molecule has 1 aromatic heterocycles. The van der Waals surface area contributed by atoms with Crippen molar-refractivity contribution in [3.63, 3.8) is 0 Å². The van der Waals surface area contributed by atoms with Crippen LogP contribution in [0.15, 0.2) is 12.4 Å². The Morgan fingerprint density at radius 2 is 2.22 bits per heavy atom. The van der Waals surface area contributed by atoms with Gasteiger partial charge in [0.25, 0.3) is 5.91 Å². The second-order valence-electron chi connectivity index (χ2n) is 4.79. The van der Waals surface area contributed by atoms with Gasteiger partial charge in [0.05, 0.1) is 11.8 Å². The van der Waals surface area contributed by atoms with E-state index < -0.39 is 5.97 Å². The van der Waals surface area contributed by atoms with Crippen molar-refractivity contribution in [1.82, 2.24) is 15.5 Å². The largest absolute Gasteiger partial charge is 0.481 e. The predicted octanol–water partition coefficient (Wildman–Crippen LogP) is 1.28. The van der Waals surface area contributed by atoms with Gasteiger partial charge in [-0.2, -0.15) is 5.10 Å². The Hall–Kier alpha value is -1.85. The Bertz CT molecular complexity index is 387. The number of hydrogen-bond donors (Lipinski definition) is 3. The first-order chi connectivity index (χ1) is 8.49. The van der Waals surface area contributed by atoms with Crippen LogP contribution in [0.5, 0.6) is 0 Å². The van der Waals surface area contributed by atoms with Crippen LogP contribution in [-0.4, -0.2) is 33.7 Å². The summed E-state index contributed by atoms with van der Waals surface area (Å²) < 4.78 is 0. The second-order valence-corrected chi connectivity index (χ2v) is 4.79. The lowest BCUT2D eigenvalue weighted by Gasteiger charge is -2.17. The number of aromatic amines is 1. The van der Waals surface area contributed by atoms with Crippen molar-refractivity contribution in [3.8, 4) is 0 Å². The van der Waals surface area contributed by atoms with Gasteiger partial charge >= 0.3 is 5.97 Å². The number of H-pyrrole nitrogens is 1. The van der Waals surface area contributed by atoms with Crippen LogP contribution in [0, 0.1) is 11.8 Å². The van der Waals surface area contributed by atoms with E-state index in [4.69, 9.17) is 5.11 Å². The molecule has 0 fully saturated rings. The van der Waals surface area contributed by atoms with Crippen molar-refractivity contribution in [2.24, 2.45) is 11.8 Å². The minimum absolute atomic E-state index is 0.0432. The third kappa shape index (κ3) is 4.99. The summed E-state index contributed by atoms with van der Waals surface area (Å²) in [6.07, 6.45) is 3.79. The third-order valence-corrected chi connectivity index (χ3v) is 2.58. The van der Waals surface area contributed by atoms with Crippen molar-refractivity contribution in [3.05, 3.63) is 18.0 Å². The van der Waals surface area contributed by atoms with E-state index in [0.717, 1.165) is 6.42 Å². The normalized spacial score (nSPS) is 12.4. The molecule has 0 aliphatic carbocycles. The molecule has 6 heteroatoms. The van der Waals surface area contributed by atoms with Crippen LogP contribution in [-0.2, 0) is 4.79 Å². The van der Waals surface area contributed by atoms with E-state index in [1.54, 1.807) is 0 Å². The van der Waals surface area contributed by atoms with Crippen molar-refractivity contribution >= 4 is 11.9 Å². The molecule has 0 bridgehead atoms. The van der Waals surface area contributed by atoms with Crippen LogP contribution in [0.1, 0.15) is 37.0 Å². The van der Waals surface area contributed by atoms with Gasteiger partial charge in [-0.05, 0) is 18.3 Å². The Labute approximate surface area is 106 Å². The molecule has 1 atom stereocenters. The Kier molecular flexibility index (Phi) is 5.35. The molecule has 0 spiro atoms.